The van der Waals surface area contributed by atoms with Crippen LogP contribution < -0.4 is 0 Å². The van der Waals surface area contributed by atoms with E-state index in [-0.39, 0.29) is 6.54 Å². The largest absolute Gasteiger partial charge is 0.390 e. The zero-order chi connectivity index (χ0) is 28.3. The fourth-order valence-corrected chi connectivity index (χ4v) is 6.31. The van der Waals surface area contributed by atoms with Crippen molar-refractivity contribution in [1.82, 2.24) is 19.5 Å². The number of allylic oxidation sites excluding steroid dienone is 2. The van der Waals surface area contributed by atoms with Gasteiger partial charge in [0.1, 0.15) is 6.33 Å². The Bertz CT molecular complexity index is 1310. The van der Waals surface area contributed by atoms with E-state index in [1.165, 1.54) is 44.5 Å². The third kappa shape index (κ3) is 6.56. The number of likely N-dealkylation sites (tertiary alicyclic amines) is 1. The maximum atomic E-state index is 12.7. The predicted octanol–water partition coefficient (Wildman–Crippen LogP) is 8.41. The summed E-state index contributed by atoms with van der Waals surface area (Å²) >= 11 is 0. The molecule has 3 aromatic rings. The summed E-state index contributed by atoms with van der Waals surface area (Å²) in [7, 11) is 0. The molecule has 7 heteroatoms. The number of pyridine rings is 1. The fraction of sp³-hybridized carbons (Fsp3) is 0.562. The molecular weight excluding hydrogens is 497 g/mol. The first-order valence-electron chi connectivity index (χ1n) is 14.5. The number of alkyl halides is 3. The van der Waals surface area contributed by atoms with Gasteiger partial charge in [-0.25, -0.2) is 9.50 Å². The summed E-state index contributed by atoms with van der Waals surface area (Å²) in [5, 5.41) is 4.48. The second kappa shape index (κ2) is 12.2. The van der Waals surface area contributed by atoms with Gasteiger partial charge in [0.05, 0.1) is 6.42 Å². The minimum atomic E-state index is -4.09. The maximum Gasteiger partial charge on any atom is 0.390 e. The molecule has 39 heavy (non-hydrogen) atoms. The lowest BCUT2D eigenvalue weighted by Crippen LogP contribution is -2.35. The smallest absolute Gasteiger partial charge is 0.303 e. The Hall–Kier alpha value is -2.67. The van der Waals surface area contributed by atoms with Gasteiger partial charge in [0.2, 0.25) is 0 Å². The third-order valence-corrected chi connectivity index (χ3v) is 8.34. The monoisotopic (exact) mass is 540 g/mol. The van der Waals surface area contributed by atoms with Crippen LogP contribution >= 0.6 is 0 Å². The van der Waals surface area contributed by atoms with Crippen LogP contribution in [0.5, 0.6) is 0 Å². The molecule has 0 radical (unpaired) electrons. The molecule has 0 aliphatic carbocycles. The van der Waals surface area contributed by atoms with Gasteiger partial charge in [-0.05, 0) is 109 Å². The van der Waals surface area contributed by atoms with Crippen LogP contribution in [0.2, 0.25) is 0 Å². The lowest BCUT2D eigenvalue weighted by atomic mass is 9.80. The highest BCUT2D eigenvalue weighted by Crippen LogP contribution is 2.40. The first-order chi connectivity index (χ1) is 18.5. The van der Waals surface area contributed by atoms with Crippen molar-refractivity contribution in [2.75, 3.05) is 19.6 Å². The number of fused-ring (bicyclic) bond motifs is 1. The average Bonchev–Trinajstić information content (AvgIpc) is 3.37. The van der Waals surface area contributed by atoms with Gasteiger partial charge in [-0.15, -0.1) is 0 Å². The number of halogens is 3. The summed E-state index contributed by atoms with van der Waals surface area (Å²) in [6, 6.07) is 6.84. The molecule has 4 nitrogen and oxygen atoms in total. The van der Waals surface area contributed by atoms with Crippen LogP contribution in [-0.2, 0) is 6.42 Å². The molecule has 0 spiro atoms. The number of hydrogen-bond donors (Lipinski definition) is 0. The van der Waals surface area contributed by atoms with Gasteiger partial charge in [0, 0.05) is 12.7 Å². The number of piperidine rings is 1. The third-order valence-electron chi connectivity index (χ3n) is 8.34. The van der Waals surface area contributed by atoms with Gasteiger partial charge >= 0.3 is 6.18 Å². The van der Waals surface area contributed by atoms with Crippen molar-refractivity contribution >= 4 is 16.8 Å². The Morgan fingerprint density at radius 2 is 1.79 bits per heavy atom. The van der Waals surface area contributed by atoms with Crippen molar-refractivity contribution in [2.24, 2.45) is 5.92 Å². The molecule has 1 aromatic carbocycles. The van der Waals surface area contributed by atoms with Crippen LogP contribution in [0.1, 0.15) is 99.1 Å². The zero-order valence-corrected chi connectivity index (χ0v) is 24.3. The first-order valence-corrected chi connectivity index (χ1v) is 14.5. The second-order valence-electron chi connectivity index (χ2n) is 11.4. The minimum Gasteiger partial charge on any atom is -0.303 e. The molecule has 212 valence electrons. The van der Waals surface area contributed by atoms with Crippen molar-refractivity contribution < 1.29 is 13.2 Å². The molecule has 1 aliphatic heterocycles. The van der Waals surface area contributed by atoms with E-state index >= 15 is 0 Å². The Morgan fingerprint density at radius 1 is 1.08 bits per heavy atom. The van der Waals surface area contributed by atoms with E-state index in [0.29, 0.717) is 11.8 Å². The number of rotatable bonds is 9. The van der Waals surface area contributed by atoms with Crippen LogP contribution in [0.15, 0.2) is 30.7 Å². The molecule has 1 aliphatic rings. The normalized spacial score (nSPS) is 16.4. The van der Waals surface area contributed by atoms with Gasteiger partial charge in [-0.2, -0.15) is 18.3 Å². The van der Waals surface area contributed by atoms with Gasteiger partial charge in [0.15, 0.2) is 5.65 Å². The molecule has 2 aromatic heterocycles. The molecule has 3 heterocycles. The van der Waals surface area contributed by atoms with Crippen LogP contribution in [0.25, 0.3) is 16.8 Å². The Labute approximate surface area is 231 Å². The first kappa shape index (κ1) is 29.3. The van der Waals surface area contributed by atoms with E-state index in [1.54, 1.807) is 6.33 Å². The predicted molar refractivity (Wildman–Crippen MR) is 154 cm³/mol. The summed E-state index contributed by atoms with van der Waals surface area (Å²) in [6.07, 6.45) is 3.70. The highest BCUT2D eigenvalue weighted by atomic mass is 19.4. The highest BCUT2D eigenvalue weighted by molar-refractivity contribution is 5.93. The fourth-order valence-electron chi connectivity index (χ4n) is 6.31. The molecule has 0 bridgehead atoms. The van der Waals surface area contributed by atoms with Crippen LogP contribution in [-0.4, -0.2) is 45.3 Å². The number of nitrogens with zero attached hydrogens (tertiary/aromatic N) is 4. The van der Waals surface area contributed by atoms with E-state index in [4.69, 9.17) is 0 Å². The van der Waals surface area contributed by atoms with E-state index < -0.39 is 12.6 Å². The molecule has 1 fully saturated rings. The molecule has 0 N–H and O–H groups in total. The van der Waals surface area contributed by atoms with Crippen LogP contribution in [0.4, 0.5) is 13.2 Å². The van der Waals surface area contributed by atoms with Crippen LogP contribution in [0, 0.1) is 19.8 Å². The number of hydrogen-bond acceptors (Lipinski definition) is 3. The number of benzene rings is 1. The number of aryl methyl sites for hydroxylation is 2. The standard InChI is InChI=1S/C32H43F3N4/c1-7-9-27(29-19-39-31(36-20-37-39)23(6)26(29)8-2)30(21(3)4)28-18-25(11-10-22(28)5)24-12-15-38(16-13-24)17-14-32(33,34)35/h10-11,18-21,24H,7-9,12-17H2,1-6H3/b30-27+. The molecule has 1 saturated heterocycles. The minimum absolute atomic E-state index is 0.102. The molecule has 0 unspecified atom stereocenters. The molecule has 0 amide bonds. The summed E-state index contributed by atoms with van der Waals surface area (Å²) in [4.78, 5) is 6.46. The summed E-state index contributed by atoms with van der Waals surface area (Å²) in [5.74, 6) is 0.690. The van der Waals surface area contributed by atoms with Gasteiger partial charge < -0.3 is 4.90 Å². The summed E-state index contributed by atoms with van der Waals surface area (Å²) < 4.78 is 40.0. The van der Waals surface area contributed by atoms with Crippen molar-refractivity contribution in [3.05, 3.63) is 64.1 Å². The average molecular weight is 541 g/mol. The quantitative estimate of drug-likeness (QED) is 0.273. The van der Waals surface area contributed by atoms with Crippen LogP contribution in [0.3, 0.4) is 0 Å². The van der Waals surface area contributed by atoms with E-state index in [2.05, 4.69) is 76.0 Å². The molecule has 0 saturated carbocycles. The zero-order valence-electron chi connectivity index (χ0n) is 24.3. The van der Waals surface area contributed by atoms with Gasteiger partial charge in [-0.1, -0.05) is 52.3 Å². The van der Waals surface area contributed by atoms with E-state index in [0.717, 1.165) is 50.8 Å². The Balaban J connectivity index is 1.74. The SMILES string of the molecule is CCC/C(=C(\c1cc(C2CCN(CCC(F)(F)F)CC2)ccc1C)C(C)C)c1cn2ncnc2c(C)c1CC. The summed E-state index contributed by atoms with van der Waals surface area (Å²) in [5.41, 5.74) is 11.3. The molecule has 0 atom stereocenters. The molecular formula is C32H43F3N4. The van der Waals surface area contributed by atoms with Gasteiger partial charge in [0.25, 0.3) is 0 Å². The maximum absolute atomic E-state index is 12.7. The second-order valence-corrected chi connectivity index (χ2v) is 11.4. The summed E-state index contributed by atoms with van der Waals surface area (Å²) in [6.45, 7) is 14.9. The van der Waals surface area contributed by atoms with Crippen molar-refractivity contribution in [1.29, 1.82) is 0 Å². The van der Waals surface area contributed by atoms with Gasteiger partial charge in [-0.3, -0.25) is 0 Å². The highest BCUT2D eigenvalue weighted by Gasteiger charge is 2.30. The topological polar surface area (TPSA) is 33.4 Å². The number of aromatic nitrogens is 3. The Morgan fingerprint density at radius 3 is 2.41 bits per heavy atom. The van der Waals surface area contributed by atoms with E-state index in [1.807, 2.05) is 9.42 Å². The molecule has 4 rings (SSSR count). The Kier molecular flexibility index (Phi) is 9.20. The van der Waals surface area contributed by atoms with Crippen molar-refractivity contribution in [3.8, 4) is 0 Å². The van der Waals surface area contributed by atoms with Crippen molar-refractivity contribution in [3.63, 3.8) is 0 Å². The lowest BCUT2D eigenvalue weighted by Gasteiger charge is -2.33. The van der Waals surface area contributed by atoms with Crippen molar-refractivity contribution in [2.45, 2.75) is 92.2 Å². The lowest BCUT2D eigenvalue weighted by molar-refractivity contribution is -0.138. The van der Waals surface area contributed by atoms with E-state index in [9.17, 15) is 13.2 Å².